The van der Waals surface area contributed by atoms with E-state index in [0.717, 1.165) is 42.0 Å². The zero-order chi connectivity index (χ0) is 36.4. The van der Waals surface area contributed by atoms with Crippen LogP contribution in [0, 0.1) is 11.6 Å². The van der Waals surface area contributed by atoms with Crippen LogP contribution in [0.5, 0.6) is 17.4 Å². The van der Waals surface area contributed by atoms with Crippen molar-refractivity contribution in [2.24, 2.45) is 0 Å². The highest BCUT2D eigenvalue weighted by Gasteiger charge is 2.27. The molecule has 2 fully saturated rings. The largest absolute Gasteiger partial charge is 0.508 e. The number of imidazole rings is 1. The van der Waals surface area contributed by atoms with Gasteiger partial charge in [-0.2, -0.15) is 0 Å². The molecule has 0 unspecified atom stereocenters. The maximum atomic E-state index is 14.4. The number of halogens is 2. The minimum Gasteiger partial charge on any atom is -0.508 e. The SMILES string of the molecule is C[C@@H]1CN(Cc2cc(-c3cccc(Oc4ncc(F)cc4C(=O)NC4CCC(NC(=O)c5cn6cc(F)ccc6n5)CC4)c3)ccc2O)C[C@H](C)N1. The van der Waals surface area contributed by atoms with E-state index in [2.05, 4.69) is 44.7 Å². The fraction of sp³-hybridized carbons (Fsp3) is 0.333. The number of nitrogens with one attached hydrogen (secondary N) is 3. The van der Waals surface area contributed by atoms with Crippen LogP contribution in [0.15, 0.2) is 79.3 Å². The van der Waals surface area contributed by atoms with Gasteiger partial charge in [0.25, 0.3) is 11.8 Å². The van der Waals surface area contributed by atoms with Gasteiger partial charge in [0.2, 0.25) is 5.88 Å². The first-order valence-corrected chi connectivity index (χ1v) is 17.6. The molecule has 0 bridgehead atoms. The molecule has 270 valence electrons. The first-order chi connectivity index (χ1) is 25.1. The third-order valence-electron chi connectivity index (χ3n) is 9.60. The molecule has 1 aliphatic heterocycles. The van der Waals surface area contributed by atoms with Crippen LogP contribution < -0.4 is 20.7 Å². The molecule has 2 aromatic carbocycles. The molecule has 13 heteroatoms. The molecule has 4 heterocycles. The average molecular weight is 710 g/mol. The zero-order valence-electron chi connectivity index (χ0n) is 29.0. The number of pyridine rings is 2. The van der Waals surface area contributed by atoms with Crippen LogP contribution in [-0.2, 0) is 6.54 Å². The number of rotatable bonds is 9. The monoisotopic (exact) mass is 709 g/mol. The Morgan fingerprint density at radius 2 is 1.60 bits per heavy atom. The Hall–Kier alpha value is -5.40. The smallest absolute Gasteiger partial charge is 0.271 e. The number of fused-ring (bicyclic) bond motifs is 1. The number of phenols is 1. The number of carbonyl (C=O) groups excluding carboxylic acids is 2. The molecule has 5 aromatic rings. The molecule has 2 atom stereocenters. The second kappa shape index (κ2) is 15.1. The summed E-state index contributed by atoms with van der Waals surface area (Å²) in [5.74, 6) is -1.33. The van der Waals surface area contributed by atoms with E-state index in [1.807, 2.05) is 30.3 Å². The van der Waals surface area contributed by atoms with Gasteiger partial charge < -0.3 is 30.2 Å². The molecular weight excluding hydrogens is 668 g/mol. The van der Waals surface area contributed by atoms with Gasteiger partial charge in [-0.15, -0.1) is 0 Å². The summed E-state index contributed by atoms with van der Waals surface area (Å²) in [6.45, 7) is 6.69. The predicted molar refractivity (Wildman–Crippen MR) is 191 cm³/mol. The van der Waals surface area contributed by atoms with Gasteiger partial charge >= 0.3 is 0 Å². The lowest BCUT2D eigenvalue weighted by atomic mass is 9.91. The molecule has 11 nitrogen and oxygen atoms in total. The summed E-state index contributed by atoms with van der Waals surface area (Å²) < 4.78 is 35.5. The number of hydrogen-bond donors (Lipinski definition) is 4. The summed E-state index contributed by atoms with van der Waals surface area (Å²) in [5, 5.41) is 20.2. The quantitative estimate of drug-likeness (QED) is 0.151. The molecule has 7 rings (SSSR count). The standard InChI is InChI=1S/C39H41F2N7O4/c1-23-18-47(19-24(2)43-23)20-27-14-26(6-12-35(27)49)25-4-3-5-32(15-25)52-39-33(16-29(41)17-42-39)37(50)44-30-8-10-31(11-9-30)45-38(51)34-22-48-21-28(40)7-13-36(48)46-34/h3-7,12-17,21-24,30-31,43,49H,8-11,18-20H2,1-2H3,(H,44,50)(H,45,51)/t23-,24+,30?,31?. The molecule has 0 spiro atoms. The molecule has 2 aliphatic rings. The van der Waals surface area contributed by atoms with Crippen molar-refractivity contribution < 1.29 is 28.2 Å². The maximum absolute atomic E-state index is 14.4. The van der Waals surface area contributed by atoms with E-state index in [4.69, 9.17) is 4.74 Å². The van der Waals surface area contributed by atoms with Crippen molar-refractivity contribution >= 4 is 17.5 Å². The van der Waals surface area contributed by atoms with Crippen molar-refractivity contribution in [3.63, 3.8) is 0 Å². The van der Waals surface area contributed by atoms with E-state index in [1.165, 1.54) is 28.9 Å². The molecule has 1 saturated carbocycles. The summed E-state index contributed by atoms with van der Waals surface area (Å²) in [4.78, 5) is 37.0. The minimum absolute atomic E-state index is 0.0299. The highest BCUT2D eigenvalue weighted by Crippen LogP contribution is 2.32. The summed E-state index contributed by atoms with van der Waals surface area (Å²) >= 11 is 0. The minimum atomic E-state index is -0.669. The molecule has 2 amide bonds. The molecule has 4 N–H and O–H groups in total. The lowest BCUT2D eigenvalue weighted by Crippen LogP contribution is -2.53. The molecular formula is C39H41F2N7O4. The molecule has 52 heavy (non-hydrogen) atoms. The van der Waals surface area contributed by atoms with Crippen molar-refractivity contribution in [1.82, 2.24) is 35.2 Å². The van der Waals surface area contributed by atoms with E-state index in [1.54, 1.807) is 12.1 Å². The van der Waals surface area contributed by atoms with E-state index in [0.29, 0.717) is 55.7 Å². The third kappa shape index (κ3) is 8.21. The fourth-order valence-electron chi connectivity index (χ4n) is 7.20. The Morgan fingerprint density at radius 3 is 2.35 bits per heavy atom. The lowest BCUT2D eigenvalue weighted by molar-refractivity contribution is 0.0888. The van der Waals surface area contributed by atoms with E-state index < -0.39 is 17.5 Å². The van der Waals surface area contributed by atoms with Crippen molar-refractivity contribution in [3.05, 3.63) is 108 Å². The molecule has 1 saturated heterocycles. The van der Waals surface area contributed by atoms with Crippen LogP contribution in [0.3, 0.4) is 0 Å². The molecule has 3 aromatic heterocycles. The number of aromatic hydroxyl groups is 1. The van der Waals surface area contributed by atoms with Crippen molar-refractivity contribution in [2.45, 2.75) is 70.2 Å². The third-order valence-corrected chi connectivity index (χ3v) is 9.60. The van der Waals surface area contributed by atoms with Crippen LogP contribution in [0.1, 0.15) is 65.9 Å². The normalized spacial score (nSPS) is 20.8. The zero-order valence-corrected chi connectivity index (χ0v) is 29.0. The fourth-order valence-corrected chi connectivity index (χ4v) is 7.20. The number of amides is 2. The van der Waals surface area contributed by atoms with Gasteiger partial charge in [-0.3, -0.25) is 14.5 Å². The van der Waals surface area contributed by atoms with Gasteiger partial charge in [0.05, 0.1) is 6.20 Å². The Morgan fingerprint density at radius 1 is 0.885 bits per heavy atom. The average Bonchev–Trinajstić information content (AvgIpc) is 3.54. The van der Waals surface area contributed by atoms with Gasteiger partial charge in [-0.25, -0.2) is 18.7 Å². The predicted octanol–water partition coefficient (Wildman–Crippen LogP) is 5.83. The van der Waals surface area contributed by atoms with Gasteiger partial charge in [0.1, 0.15) is 40.0 Å². The summed E-state index contributed by atoms with van der Waals surface area (Å²) in [6.07, 6.45) is 6.17. The van der Waals surface area contributed by atoms with Gasteiger partial charge in [-0.1, -0.05) is 18.2 Å². The highest BCUT2D eigenvalue weighted by atomic mass is 19.1. The summed E-state index contributed by atoms with van der Waals surface area (Å²) in [7, 11) is 0. The number of aromatic nitrogens is 3. The number of nitrogens with zero attached hydrogens (tertiary/aromatic N) is 4. The number of benzene rings is 2. The maximum Gasteiger partial charge on any atom is 0.271 e. The number of carbonyl (C=O) groups is 2. The first-order valence-electron chi connectivity index (χ1n) is 17.6. The van der Waals surface area contributed by atoms with Crippen molar-refractivity contribution in [2.75, 3.05) is 13.1 Å². The number of ether oxygens (including phenoxy) is 1. The Bertz CT molecular complexity index is 2090. The number of hydrogen-bond acceptors (Lipinski definition) is 8. The second-order valence-electron chi connectivity index (χ2n) is 13.9. The summed E-state index contributed by atoms with van der Waals surface area (Å²) in [6, 6.07) is 17.1. The first kappa shape index (κ1) is 35.0. The summed E-state index contributed by atoms with van der Waals surface area (Å²) in [5.41, 5.74) is 3.19. The highest BCUT2D eigenvalue weighted by molar-refractivity contribution is 5.96. The molecule has 1 aliphatic carbocycles. The lowest BCUT2D eigenvalue weighted by Gasteiger charge is -2.36. The topological polar surface area (TPSA) is 133 Å². The molecule has 0 radical (unpaired) electrons. The van der Waals surface area contributed by atoms with Gasteiger partial charge in [-0.05, 0) is 93.1 Å². The number of phenolic OH excluding ortho intramolecular Hbond substituents is 1. The Kier molecular flexibility index (Phi) is 10.1. The Labute approximate surface area is 300 Å². The van der Waals surface area contributed by atoms with Crippen LogP contribution in [-0.4, -0.2) is 73.4 Å². The van der Waals surface area contributed by atoms with E-state index in [9.17, 15) is 23.5 Å². The van der Waals surface area contributed by atoms with E-state index >= 15 is 0 Å². The van der Waals surface area contributed by atoms with Crippen molar-refractivity contribution in [3.8, 4) is 28.5 Å². The van der Waals surface area contributed by atoms with Crippen LogP contribution in [0.4, 0.5) is 8.78 Å². The second-order valence-corrected chi connectivity index (χ2v) is 13.9. The van der Waals surface area contributed by atoms with Crippen LogP contribution >= 0.6 is 0 Å². The van der Waals surface area contributed by atoms with Crippen LogP contribution in [0.2, 0.25) is 0 Å². The number of piperazine rings is 1. The van der Waals surface area contributed by atoms with E-state index in [-0.39, 0.29) is 40.9 Å². The Balaban J connectivity index is 0.978. The van der Waals surface area contributed by atoms with Gasteiger partial charge in [0, 0.05) is 61.8 Å². The van der Waals surface area contributed by atoms with Gasteiger partial charge in [0.15, 0.2) is 0 Å². The van der Waals surface area contributed by atoms with Crippen molar-refractivity contribution in [1.29, 1.82) is 0 Å². The van der Waals surface area contributed by atoms with Crippen LogP contribution in [0.25, 0.3) is 16.8 Å².